The van der Waals surface area contributed by atoms with Crippen molar-refractivity contribution in [2.45, 2.75) is 26.8 Å². The molecule has 0 atom stereocenters. The van der Waals surface area contributed by atoms with Gasteiger partial charge in [0.25, 0.3) is 5.91 Å². The molecule has 5 heteroatoms. The Balaban J connectivity index is 2.05. The lowest BCUT2D eigenvalue weighted by Gasteiger charge is -2.09. The number of hydrogen-bond donors (Lipinski definition) is 1. The van der Waals surface area contributed by atoms with E-state index < -0.39 is 0 Å². The molecule has 0 fully saturated rings. The Morgan fingerprint density at radius 3 is 2.73 bits per heavy atom. The fourth-order valence-electron chi connectivity index (χ4n) is 2.34. The summed E-state index contributed by atoms with van der Waals surface area (Å²) in [6, 6.07) is 10.1. The van der Waals surface area contributed by atoms with Gasteiger partial charge in [0, 0.05) is 13.2 Å². The zero-order valence-corrected chi connectivity index (χ0v) is 13.2. The summed E-state index contributed by atoms with van der Waals surface area (Å²) in [6.45, 7) is 6.35. The van der Waals surface area contributed by atoms with Crippen molar-refractivity contribution in [3.63, 3.8) is 0 Å². The number of amides is 1. The Morgan fingerprint density at radius 1 is 1.27 bits per heavy atom. The molecule has 0 unspecified atom stereocenters. The van der Waals surface area contributed by atoms with Crippen molar-refractivity contribution in [3.05, 3.63) is 53.3 Å². The summed E-state index contributed by atoms with van der Waals surface area (Å²) < 4.78 is 7.12. The summed E-state index contributed by atoms with van der Waals surface area (Å²) in [5, 5.41) is 7.24. The van der Waals surface area contributed by atoms with Gasteiger partial charge in [0.15, 0.2) is 0 Å². The highest BCUT2D eigenvalue weighted by molar-refractivity contribution is 5.95. The number of hydrogen-bond acceptors (Lipinski definition) is 3. The molecule has 2 aromatic rings. The first-order chi connectivity index (χ1) is 10.8. The van der Waals surface area contributed by atoms with E-state index in [1.807, 2.05) is 36.7 Å². The lowest BCUT2D eigenvalue weighted by Crippen LogP contribution is -2.28. The van der Waals surface area contributed by atoms with E-state index in [1.165, 1.54) is 5.56 Å². The van der Waals surface area contributed by atoms with Crippen LogP contribution in [0.4, 0.5) is 0 Å². The topological polar surface area (TPSA) is 56.1 Å². The predicted molar refractivity (Wildman–Crippen MR) is 86.0 cm³/mol. The van der Waals surface area contributed by atoms with Crippen LogP contribution in [-0.4, -0.2) is 35.4 Å². The van der Waals surface area contributed by atoms with Crippen LogP contribution >= 0.6 is 0 Å². The van der Waals surface area contributed by atoms with Crippen LogP contribution in [0.5, 0.6) is 0 Å². The highest BCUT2D eigenvalue weighted by atomic mass is 16.5. The molecule has 1 amide bonds. The molecule has 2 rings (SSSR count). The van der Waals surface area contributed by atoms with E-state index in [4.69, 9.17) is 4.74 Å². The van der Waals surface area contributed by atoms with Gasteiger partial charge in [0.05, 0.1) is 30.6 Å². The highest BCUT2D eigenvalue weighted by Crippen LogP contribution is 2.12. The molecule has 118 valence electrons. The first-order valence-electron chi connectivity index (χ1n) is 7.70. The molecule has 0 aliphatic carbocycles. The standard InChI is InChI=1S/C17H23N3O2/c1-3-16-15(17(21)18-10-11-22-4-2)12-19-20(16)13-14-8-6-5-7-9-14/h5-9,12H,3-4,10-11,13H2,1-2H3,(H,18,21). The van der Waals surface area contributed by atoms with Crippen molar-refractivity contribution in [3.8, 4) is 0 Å². The molecule has 0 saturated carbocycles. The Bertz CT molecular complexity index is 593. The Labute approximate surface area is 131 Å². The van der Waals surface area contributed by atoms with E-state index in [0.717, 1.165) is 12.1 Å². The van der Waals surface area contributed by atoms with Gasteiger partial charge in [0.2, 0.25) is 0 Å². The number of nitrogens with zero attached hydrogens (tertiary/aromatic N) is 2. The maximum atomic E-state index is 12.2. The molecule has 5 nitrogen and oxygen atoms in total. The van der Waals surface area contributed by atoms with E-state index >= 15 is 0 Å². The van der Waals surface area contributed by atoms with Crippen LogP contribution in [0, 0.1) is 0 Å². The van der Waals surface area contributed by atoms with Crippen LogP contribution in [0.1, 0.15) is 35.5 Å². The zero-order valence-electron chi connectivity index (χ0n) is 13.2. The second kappa shape index (κ2) is 8.34. The lowest BCUT2D eigenvalue weighted by atomic mass is 10.1. The monoisotopic (exact) mass is 301 g/mol. The summed E-state index contributed by atoms with van der Waals surface area (Å²) in [6.07, 6.45) is 2.42. The van der Waals surface area contributed by atoms with Gasteiger partial charge in [-0.1, -0.05) is 37.3 Å². The number of carbonyl (C=O) groups is 1. The third kappa shape index (κ3) is 4.18. The van der Waals surface area contributed by atoms with Crippen molar-refractivity contribution in [2.24, 2.45) is 0 Å². The van der Waals surface area contributed by atoms with Gasteiger partial charge in [-0.25, -0.2) is 0 Å². The Morgan fingerprint density at radius 2 is 2.05 bits per heavy atom. The molecule has 0 saturated heterocycles. The second-order valence-corrected chi connectivity index (χ2v) is 4.95. The summed E-state index contributed by atoms with van der Waals surface area (Å²) in [5.41, 5.74) is 2.77. The van der Waals surface area contributed by atoms with Gasteiger partial charge >= 0.3 is 0 Å². The average molecular weight is 301 g/mol. The quantitative estimate of drug-likeness (QED) is 0.761. The SMILES string of the molecule is CCOCCNC(=O)c1cnn(Cc2ccccc2)c1CC. The summed E-state index contributed by atoms with van der Waals surface area (Å²) in [5.74, 6) is -0.0872. The minimum atomic E-state index is -0.0872. The van der Waals surface area contributed by atoms with Crippen molar-refractivity contribution in [1.82, 2.24) is 15.1 Å². The third-order valence-electron chi connectivity index (χ3n) is 3.44. The molecule has 0 aliphatic heterocycles. The number of carbonyl (C=O) groups excluding carboxylic acids is 1. The van der Waals surface area contributed by atoms with E-state index in [0.29, 0.717) is 31.9 Å². The van der Waals surface area contributed by atoms with Gasteiger partial charge in [0.1, 0.15) is 0 Å². The lowest BCUT2D eigenvalue weighted by molar-refractivity contribution is 0.0921. The Hall–Kier alpha value is -2.14. The fourth-order valence-corrected chi connectivity index (χ4v) is 2.34. The molecular weight excluding hydrogens is 278 g/mol. The highest BCUT2D eigenvalue weighted by Gasteiger charge is 2.15. The van der Waals surface area contributed by atoms with Crippen LogP contribution in [0.25, 0.3) is 0 Å². The summed E-state index contributed by atoms with van der Waals surface area (Å²) in [4.78, 5) is 12.2. The number of nitrogens with one attached hydrogen (secondary N) is 1. The first kappa shape index (κ1) is 16.2. The van der Waals surface area contributed by atoms with E-state index in [2.05, 4.69) is 22.5 Å². The van der Waals surface area contributed by atoms with Gasteiger partial charge in [-0.15, -0.1) is 0 Å². The minimum Gasteiger partial charge on any atom is -0.380 e. The minimum absolute atomic E-state index is 0.0872. The second-order valence-electron chi connectivity index (χ2n) is 4.95. The molecule has 1 aromatic carbocycles. The molecule has 0 bridgehead atoms. The van der Waals surface area contributed by atoms with Gasteiger partial charge in [-0.2, -0.15) is 5.10 Å². The van der Waals surface area contributed by atoms with Crippen LogP contribution in [0.3, 0.4) is 0 Å². The summed E-state index contributed by atoms with van der Waals surface area (Å²) in [7, 11) is 0. The number of ether oxygens (including phenoxy) is 1. The van der Waals surface area contributed by atoms with Crippen LogP contribution < -0.4 is 5.32 Å². The fraction of sp³-hybridized carbons (Fsp3) is 0.412. The maximum absolute atomic E-state index is 12.2. The Kier molecular flexibility index (Phi) is 6.15. The smallest absolute Gasteiger partial charge is 0.254 e. The normalized spacial score (nSPS) is 10.6. The predicted octanol–water partition coefficient (Wildman–Crippen LogP) is 2.26. The molecular formula is C17H23N3O2. The molecule has 0 spiro atoms. The van der Waals surface area contributed by atoms with E-state index in [-0.39, 0.29) is 5.91 Å². The molecule has 1 N–H and O–H groups in total. The molecule has 0 radical (unpaired) electrons. The largest absolute Gasteiger partial charge is 0.380 e. The van der Waals surface area contributed by atoms with Crippen molar-refractivity contribution in [1.29, 1.82) is 0 Å². The van der Waals surface area contributed by atoms with Crippen LogP contribution in [0.15, 0.2) is 36.5 Å². The number of benzene rings is 1. The summed E-state index contributed by atoms with van der Waals surface area (Å²) >= 11 is 0. The maximum Gasteiger partial charge on any atom is 0.254 e. The van der Waals surface area contributed by atoms with Crippen molar-refractivity contribution < 1.29 is 9.53 Å². The number of aromatic nitrogens is 2. The zero-order chi connectivity index (χ0) is 15.8. The average Bonchev–Trinajstić information content (AvgIpc) is 2.95. The van der Waals surface area contributed by atoms with E-state index in [1.54, 1.807) is 6.20 Å². The van der Waals surface area contributed by atoms with Crippen molar-refractivity contribution in [2.75, 3.05) is 19.8 Å². The van der Waals surface area contributed by atoms with Gasteiger partial charge in [-0.05, 0) is 18.9 Å². The first-order valence-corrected chi connectivity index (χ1v) is 7.70. The molecule has 22 heavy (non-hydrogen) atoms. The molecule has 0 aliphatic rings. The van der Waals surface area contributed by atoms with Gasteiger partial charge in [-0.3, -0.25) is 9.48 Å². The van der Waals surface area contributed by atoms with Gasteiger partial charge < -0.3 is 10.1 Å². The molecule has 1 heterocycles. The van der Waals surface area contributed by atoms with Crippen LogP contribution in [0.2, 0.25) is 0 Å². The number of rotatable bonds is 8. The third-order valence-corrected chi connectivity index (χ3v) is 3.44. The van der Waals surface area contributed by atoms with E-state index in [9.17, 15) is 4.79 Å². The molecule has 1 aromatic heterocycles. The van der Waals surface area contributed by atoms with Crippen LogP contribution in [-0.2, 0) is 17.7 Å². The van der Waals surface area contributed by atoms with Crippen molar-refractivity contribution >= 4 is 5.91 Å².